The molecule has 0 saturated heterocycles. The lowest BCUT2D eigenvalue weighted by Crippen LogP contribution is -2.01. The second kappa shape index (κ2) is 14.4. The standard InChI is InChI=1S/C48H35N3/c1-2-45(35-17-5-3-6-18-35)51-48(50-32-34-16-13-21-37(30-34)40-24-15-29-49-33-40)39-23-14-22-38(31-39)47-43-27-11-9-25-41(43)46(36-19-7-4-8-20-36)42-26-10-12-28-44(42)47/h2-33H,1H3/b45-2-,50-32+,51-48-. The van der Waals surface area contributed by atoms with E-state index in [2.05, 4.69) is 151 Å². The minimum Gasteiger partial charge on any atom is -0.264 e. The highest BCUT2D eigenvalue weighted by Crippen LogP contribution is 2.43. The lowest BCUT2D eigenvalue weighted by Gasteiger charge is -2.18. The maximum absolute atomic E-state index is 5.21. The summed E-state index contributed by atoms with van der Waals surface area (Å²) in [6, 6.07) is 59.5. The SMILES string of the molecule is C\C=C(/N=C(\N=C\c1cccc(-c2cccnc2)c1)c1cccc(-c2c3ccccc3c(-c3ccccc3)c3ccccc23)c1)c1ccccc1. The molecule has 0 fully saturated rings. The number of rotatable bonds is 7. The van der Waals surface area contributed by atoms with Crippen LogP contribution in [0.25, 0.3) is 60.6 Å². The monoisotopic (exact) mass is 653 g/mol. The molecule has 0 atom stereocenters. The van der Waals surface area contributed by atoms with Crippen molar-refractivity contribution in [3.8, 4) is 33.4 Å². The first-order valence-corrected chi connectivity index (χ1v) is 17.2. The predicted molar refractivity (Wildman–Crippen MR) is 216 cm³/mol. The Morgan fingerprint density at radius 1 is 0.490 bits per heavy atom. The van der Waals surface area contributed by atoms with Crippen molar-refractivity contribution in [3.05, 3.63) is 205 Å². The quantitative estimate of drug-likeness (QED) is 0.0958. The summed E-state index contributed by atoms with van der Waals surface area (Å²) in [4.78, 5) is 14.6. The Labute approximate surface area is 298 Å². The second-order valence-electron chi connectivity index (χ2n) is 12.4. The Balaban J connectivity index is 1.30. The van der Waals surface area contributed by atoms with Gasteiger partial charge < -0.3 is 0 Å². The first-order valence-electron chi connectivity index (χ1n) is 17.2. The van der Waals surface area contributed by atoms with Gasteiger partial charge in [-0.2, -0.15) is 0 Å². The highest BCUT2D eigenvalue weighted by Gasteiger charge is 2.17. The molecule has 242 valence electrons. The van der Waals surface area contributed by atoms with Gasteiger partial charge in [-0.25, -0.2) is 9.98 Å². The molecule has 51 heavy (non-hydrogen) atoms. The third-order valence-corrected chi connectivity index (χ3v) is 9.19. The van der Waals surface area contributed by atoms with Gasteiger partial charge in [0.15, 0.2) is 5.84 Å². The Hall–Kier alpha value is -6.71. The Kier molecular flexibility index (Phi) is 8.92. The number of benzene rings is 7. The van der Waals surface area contributed by atoms with Crippen molar-refractivity contribution in [1.82, 2.24) is 4.98 Å². The maximum atomic E-state index is 5.21. The highest BCUT2D eigenvalue weighted by molar-refractivity contribution is 6.21. The van der Waals surface area contributed by atoms with Gasteiger partial charge in [0.25, 0.3) is 0 Å². The molecule has 8 aromatic rings. The zero-order chi connectivity index (χ0) is 34.4. The minimum atomic E-state index is 0.634. The van der Waals surface area contributed by atoms with E-state index in [4.69, 9.17) is 9.98 Å². The van der Waals surface area contributed by atoms with Crippen molar-refractivity contribution in [2.45, 2.75) is 6.92 Å². The van der Waals surface area contributed by atoms with E-state index in [1.54, 1.807) is 6.20 Å². The number of aliphatic imine (C=N–C) groups is 2. The summed E-state index contributed by atoms with van der Waals surface area (Å²) in [6.07, 6.45) is 7.62. The summed E-state index contributed by atoms with van der Waals surface area (Å²) in [6.45, 7) is 2.02. The lowest BCUT2D eigenvalue weighted by atomic mass is 9.85. The zero-order valence-corrected chi connectivity index (χ0v) is 28.3. The van der Waals surface area contributed by atoms with Crippen molar-refractivity contribution in [1.29, 1.82) is 0 Å². The smallest absolute Gasteiger partial charge is 0.159 e. The highest BCUT2D eigenvalue weighted by atomic mass is 14.9. The number of hydrogen-bond donors (Lipinski definition) is 0. The normalized spacial score (nSPS) is 12.2. The van der Waals surface area contributed by atoms with Crippen LogP contribution in [0, 0.1) is 0 Å². The van der Waals surface area contributed by atoms with Crippen molar-refractivity contribution in [2.24, 2.45) is 9.98 Å². The van der Waals surface area contributed by atoms with Crippen LogP contribution in [0.4, 0.5) is 0 Å². The van der Waals surface area contributed by atoms with E-state index in [-0.39, 0.29) is 0 Å². The van der Waals surface area contributed by atoms with Gasteiger partial charge in [0.1, 0.15) is 0 Å². The van der Waals surface area contributed by atoms with E-state index in [0.29, 0.717) is 5.84 Å². The third-order valence-electron chi connectivity index (χ3n) is 9.19. The first kappa shape index (κ1) is 31.6. The molecular weight excluding hydrogens is 619 g/mol. The van der Waals surface area contributed by atoms with Crippen molar-refractivity contribution in [2.75, 3.05) is 0 Å². The van der Waals surface area contributed by atoms with E-state index < -0.39 is 0 Å². The summed E-state index contributed by atoms with van der Waals surface area (Å²) >= 11 is 0. The van der Waals surface area contributed by atoms with Crippen LogP contribution in [-0.4, -0.2) is 17.0 Å². The molecule has 0 unspecified atom stereocenters. The number of allylic oxidation sites excluding steroid dienone is 1. The molecule has 0 aliphatic carbocycles. The van der Waals surface area contributed by atoms with E-state index in [9.17, 15) is 0 Å². The van der Waals surface area contributed by atoms with Crippen LogP contribution >= 0.6 is 0 Å². The fourth-order valence-electron chi connectivity index (χ4n) is 6.82. The van der Waals surface area contributed by atoms with Gasteiger partial charge in [0.2, 0.25) is 0 Å². The fraction of sp³-hybridized carbons (Fsp3) is 0.0208. The largest absolute Gasteiger partial charge is 0.264 e. The molecule has 0 aliphatic heterocycles. The Bertz CT molecular complexity index is 2510. The molecule has 0 spiro atoms. The van der Waals surface area contributed by atoms with Crippen LogP contribution in [-0.2, 0) is 0 Å². The fourth-order valence-corrected chi connectivity index (χ4v) is 6.82. The van der Waals surface area contributed by atoms with Crippen LogP contribution in [0.5, 0.6) is 0 Å². The number of pyridine rings is 1. The van der Waals surface area contributed by atoms with Crippen LogP contribution in [0.3, 0.4) is 0 Å². The van der Waals surface area contributed by atoms with E-state index >= 15 is 0 Å². The Morgan fingerprint density at radius 2 is 1.04 bits per heavy atom. The molecule has 0 amide bonds. The Morgan fingerprint density at radius 3 is 1.69 bits per heavy atom. The number of nitrogens with zero attached hydrogens (tertiary/aromatic N) is 3. The van der Waals surface area contributed by atoms with Gasteiger partial charge in [0, 0.05) is 29.7 Å². The summed E-state index contributed by atoms with van der Waals surface area (Å²) in [5.74, 6) is 0.634. The summed E-state index contributed by atoms with van der Waals surface area (Å²) in [5.41, 5.74) is 10.7. The maximum Gasteiger partial charge on any atom is 0.159 e. The van der Waals surface area contributed by atoms with Gasteiger partial charge in [-0.3, -0.25) is 4.98 Å². The van der Waals surface area contributed by atoms with Gasteiger partial charge in [-0.05, 0) is 85.6 Å². The van der Waals surface area contributed by atoms with E-state index in [1.165, 1.54) is 38.2 Å². The zero-order valence-electron chi connectivity index (χ0n) is 28.3. The number of aromatic nitrogens is 1. The second-order valence-corrected chi connectivity index (χ2v) is 12.4. The molecular formula is C48H35N3. The summed E-state index contributed by atoms with van der Waals surface area (Å²) in [7, 11) is 0. The van der Waals surface area contributed by atoms with Gasteiger partial charge in [0.05, 0.1) is 5.70 Å². The van der Waals surface area contributed by atoms with Crippen molar-refractivity contribution < 1.29 is 0 Å². The molecule has 0 N–H and O–H groups in total. The van der Waals surface area contributed by atoms with Gasteiger partial charge in [-0.15, -0.1) is 0 Å². The van der Waals surface area contributed by atoms with Gasteiger partial charge in [-0.1, -0.05) is 158 Å². The number of fused-ring (bicyclic) bond motifs is 2. The van der Waals surface area contributed by atoms with Crippen LogP contribution in [0.15, 0.2) is 198 Å². The molecule has 8 rings (SSSR count). The average Bonchev–Trinajstić information content (AvgIpc) is 3.21. The molecule has 7 aromatic carbocycles. The molecule has 0 aliphatic rings. The average molecular weight is 654 g/mol. The molecule has 1 heterocycles. The molecule has 3 heteroatoms. The number of hydrogen-bond acceptors (Lipinski definition) is 2. The van der Waals surface area contributed by atoms with Gasteiger partial charge >= 0.3 is 0 Å². The van der Waals surface area contributed by atoms with Crippen LogP contribution < -0.4 is 0 Å². The molecule has 1 aromatic heterocycles. The molecule has 0 bridgehead atoms. The topological polar surface area (TPSA) is 37.6 Å². The van der Waals surface area contributed by atoms with E-state index in [1.807, 2.05) is 49.7 Å². The van der Waals surface area contributed by atoms with Crippen LogP contribution in [0.2, 0.25) is 0 Å². The van der Waals surface area contributed by atoms with Crippen LogP contribution in [0.1, 0.15) is 23.6 Å². The van der Waals surface area contributed by atoms with Crippen molar-refractivity contribution in [3.63, 3.8) is 0 Å². The van der Waals surface area contributed by atoms with Crippen molar-refractivity contribution >= 4 is 39.3 Å². The molecule has 3 nitrogen and oxygen atoms in total. The molecule has 0 saturated carbocycles. The predicted octanol–water partition coefficient (Wildman–Crippen LogP) is 12.3. The minimum absolute atomic E-state index is 0.634. The first-order chi connectivity index (χ1) is 25.3. The van der Waals surface area contributed by atoms with E-state index in [0.717, 1.165) is 39.1 Å². The summed E-state index contributed by atoms with van der Waals surface area (Å²) in [5, 5.41) is 4.87. The third kappa shape index (κ3) is 6.53. The number of amidine groups is 1. The lowest BCUT2D eigenvalue weighted by molar-refractivity contribution is 1.33. The molecule has 0 radical (unpaired) electrons. The summed E-state index contributed by atoms with van der Waals surface area (Å²) < 4.78 is 0.